The SMILES string of the molecule is Cc1cc(C)c2c(CC(=O)NCCCCCCN)noc2c1. The van der Waals surface area contributed by atoms with E-state index >= 15 is 0 Å². The van der Waals surface area contributed by atoms with Crippen LogP contribution in [0.15, 0.2) is 16.7 Å². The molecule has 0 aliphatic rings. The lowest BCUT2D eigenvalue weighted by Gasteiger charge is -2.04. The second-order valence-electron chi connectivity index (χ2n) is 5.81. The summed E-state index contributed by atoms with van der Waals surface area (Å²) in [6, 6.07) is 4.03. The molecule has 120 valence electrons. The molecule has 1 aromatic heterocycles. The molecule has 2 rings (SSSR count). The minimum absolute atomic E-state index is 0.00556. The Morgan fingerprint density at radius 1 is 1.23 bits per heavy atom. The number of hydrogen-bond donors (Lipinski definition) is 2. The van der Waals surface area contributed by atoms with E-state index in [2.05, 4.69) is 16.5 Å². The molecule has 0 aliphatic heterocycles. The lowest BCUT2D eigenvalue weighted by atomic mass is 10.0. The maximum Gasteiger partial charge on any atom is 0.226 e. The van der Waals surface area contributed by atoms with Gasteiger partial charge in [0.25, 0.3) is 0 Å². The molecule has 1 aromatic carbocycles. The fraction of sp³-hybridized carbons (Fsp3) is 0.529. The highest BCUT2D eigenvalue weighted by molar-refractivity contribution is 5.88. The van der Waals surface area contributed by atoms with Crippen LogP contribution < -0.4 is 11.1 Å². The Balaban J connectivity index is 1.87. The van der Waals surface area contributed by atoms with Gasteiger partial charge in [-0.15, -0.1) is 0 Å². The van der Waals surface area contributed by atoms with Crippen LogP contribution in [0.3, 0.4) is 0 Å². The Morgan fingerprint density at radius 3 is 2.77 bits per heavy atom. The van der Waals surface area contributed by atoms with Gasteiger partial charge in [-0.05, 0) is 50.4 Å². The number of aromatic nitrogens is 1. The van der Waals surface area contributed by atoms with E-state index in [1.165, 1.54) is 0 Å². The summed E-state index contributed by atoms with van der Waals surface area (Å²) in [7, 11) is 0. The fourth-order valence-electron chi connectivity index (χ4n) is 2.71. The molecule has 0 saturated heterocycles. The van der Waals surface area contributed by atoms with Gasteiger partial charge in [-0.3, -0.25) is 4.79 Å². The van der Waals surface area contributed by atoms with Gasteiger partial charge in [0.15, 0.2) is 5.58 Å². The van der Waals surface area contributed by atoms with Gasteiger partial charge in [-0.1, -0.05) is 24.1 Å². The molecule has 0 spiro atoms. The van der Waals surface area contributed by atoms with Crippen molar-refractivity contribution in [3.05, 3.63) is 29.0 Å². The molecule has 1 heterocycles. The maximum atomic E-state index is 12.0. The van der Waals surface area contributed by atoms with E-state index in [-0.39, 0.29) is 12.3 Å². The summed E-state index contributed by atoms with van der Waals surface area (Å²) in [6.07, 6.45) is 4.53. The Hall–Kier alpha value is -1.88. The van der Waals surface area contributed by atoms with Crippen LogP contribution in [-0.2, 0) is 11.2 Å². The molecule has 1 amide bonds. The number of fused-ring (bicyclic) bond motifs is 1. The number of hydrogen-bond acceptors (Lipinski definition) is 4. The number of carbonyl (C=O) groups is 1. The van der Waals surface area contributed by atoms with E-state index in [0.717, 1.165) is 54.3 Å². The average molecular weight is 303 g/mol. The third-order valence-electron chi connectivity index (χ3n) is 3.77. The van der Waals surface area contributed by atoms with Gasteiger partial charge in [0.1, 0.15) is 5.69 Å². The second kappa shape index (κ2) is 7.94. The standard InChI is InChI=1S/C17H25N3O2/c1-12-9-13(2)17-14(20-22-15(17)10-12)11-16(21)19-8-6-4-3-5-7-18/h9-10H,3-8,11,18H2,1-2H3,(H,19,21). The van der Waals surface area contributed by atoms with Crippen LogP contribution in [0.5, 0.6) is 0 Å². The number of nitrogens with one attached hydrogen (secondary N) is 1. The predicted molar refractivity (Wildman–Crippen MR) is 87.7 cm³/mol. The monoisotopic (exact) mass is 303 g/mol. The van der Waals surface area contributed by atoms with Crippen molar-refractivity contribution in [3.8, 4) is 0 Å². The molecule has 0 unspecified atom stereocenters. The van der Waals surface area contributed by atoms with Gasteiger partial charge in [-0.2, -0.15) is 0 Å². The largest absolute Gasteiger partial charge is 0.356 e. The second-order valence-corrected chi connectivity index (χ2v) is 5.81. The fourth-order valence-corrected chi connectivity index (χ4v) is 2.71. The summed E-state index contributed by atoms with van der Waals surface area (Å²) >= 11 is 0. The molecule has 0 aliphatic carbocycles. The third kappa shape index (κ3) is 4.31. The normalized spacial score (nSPS) is 11.0. The van der Waals surface area contributed by atoms with Crippen LogP contribution in [0.2, 0.25) is 0 Å². The predicted octanol–water partition coefficient (Wildman–Crippen LogP) is 2.62. The quantitative estimate of drug-likeness (QED) is 0.735. The molecule has 0 bridgehead atoms. The molecule has 5 nitrogen and oxygen atoms in total. The van der Waals surface area contributed by atoms with Crippen molar-refractivity contribution in [2.75, 3.05) is 13.1 Å². The van der Waals surface area contributed by atoms with Crippen molar-refractivity contribution >= 4 is 16.9 Å². The van der Waals surface area contributed by atoms with Crippen LogP contribution in [0.1, 0.15) is 42.5 Å². The molecule has 0 atom stereocenters. The first kappa shape index (κ1) is 16.5. The van der Waals surface area contributed by atoms with Crippen molar-refractivity contribution in [1.29, 1.82) is 0 Å². The minimum atomic E-state index is -0.00556. The number of aryl methyl sites for hydroxylation is 2. The summed E-state index contributed by atoms with van der Waals surface area (Å²) in [6.45, 7) is 5.49. The zero-order valence-corrected chi connectivity index (χ0v) is 13.4. The number of amides is 1. The van der Waals surface area contributed by atoms with Crippen LogP contribution >= 0.6 is 0 Å². The highest BCUT2D eigenvalue weighted by Crippen LogP contribution is 2.24. The van der Waals surface area contributed by atoms with Crippen molar-refractivity contribution < 1.29 is 9.32 Å². The zero-order valence-electron chi connectivity index (χ0n) is 13.4. The van der Waals surface area contributed by atoms with Crippen molar-refractivity contribution in [1.82, 2.24) is 10.5 Å². The first-order valence-corrected chi connectivity index (χ1v) is 7.94. The van der Waals surface area contributed by atoms with Crippen LogP contribution in [0.25, 0.3) is 11.0 Å². The van der Waals surface area contributed by atoms with E-state index in [1.807, 2.05) is 19.9 Å². The summed E-state index contributed by atoms with van der Waals surface area (Å²) in [5.41, 5.74) is 9.15. The summed E-state index contributed by atoms with van der Waals surface area (Å²) < 4.78 is 5.34. The van der Waals surface area contributed by atoms with Gasteiger partial charge in [0.2, 0.25) is 5.91 Å². The number of benzene rings is 1. The Morgan fingerprint density at radius 2 is 2.00 bits per heavy atom. The molecular formula is C17H25N3O2. The van der Waals surface area contributed by atoms with E-state index < -0.39 is 0 Å². The Bertz CT molecular complexity index is 634. The highest BCUT2D eigenvalue weighted by atomic mass is 16.5. The van der Waals surface area contributed by atoms with Gasteiger partial charge in [0.05, 0.1) is 6.42 Å². The maximum absolute atomic E-state index is 12.0. The highest BCUT2D eigenvalue weighted by Gasteiger charge is 2.14. The smallest absolute Gasteiger partial charge is 0.226 e. The lowest BCUT2D eigenvalue weighted by Crippen LogP contribution is -2.26. The molecule has 3 N–H and O–H groups in total. The lowest BCUT2D eigenvalue weighted by molar-refractivity contribution is -0.120. The molecule has 22 heavy (non-hydrogen) atoms. The Labute approximate surface area is 131 Å². The molecular weight excluding hydrogens is 278 g/mol. The Kier molecular flexibility index (Phi) is 5.95. The molecule has 0 saturated carbocycles. The zero-order chi connectivity index (χ0) is 15.9. The van der Waals surface area contributed by atoms with Gasteiger partial charge in [-0.25, -0.2) is 0 Å². The van der Waals surface area contributed by atoms with Crippen LogP contribution in [-0.4, -0.2) is 24.2 Å². The number of unbranched alkanes of at least 4 members (excludes halogenated alkanes) is 3. The molecule has 2 aromatic rings. The van der Waals surface area contributed by atoms with E-state index in [9.17, 15) is 4.79 Å². The topological polar surface area (TPSA) is 81.2 Å². The minimum Gasteiger partial charge on any atom is -0.356 e. The average Bonchev–Trinajstić information content (AvgIpc) is 2.85. The first-order chi connectivity index (χ1) is 10.6. The van der Waals surface area contributed by atoms with Crippen molar-refractivity contribution in [2.45, 2.75) is 46.0 Å². The summed E-state index contributed by atoms with van der Waals surface area (Å²) in [5.74, 6) is -0.00556. The number of nitrogens with zero attached hydrogens (tertiary/aromatic N) is 1. The number of nitrogens with two attached hydrogens (primary N) is 1. The van der Waals surface area contributed by atoms with Crippen molar-refractivity contribution in [2.24, 2.45) is 5.73 Å². The van der Waals surface area contributed by atoms with E-state index in [0.29, 0.717) is 12.2 Å². The summed E-state index contributed by atoms with van der Waals surface area (Å²) in [4.78, 5) is 12.0. The summed E-state index contributed by atoms with van der Waals surface area (Å²) in [5, 5.41) is 7.96. The van der Waals surface area contributed by atoms with Gasteiger partial charge in [0, 0.05) is 11.9 Å². The number of rotatable bonds is 8. The molecule has 0 radical (unpaired) electrons. The number of carbonyl (C=O) groups excluding carboxylic acids is 1. The third-order valence-corrected chi connectivity index (χ3v) is 3.77. The molecule has 0 fully saturated rings. The van der Waals surface area contributed by atoms with Crippen LogP contribution in [0, 0.1) is 13.8 Å². The van der Waals surface area contributed by atoms with Gasteiger partial charge >= 0.3 is 0 Å². The van der Waals surface area contributed by atoms with Crippen molar-refractivity contribution in [3.63, 3.8) is 0 Å². The van der Waals surface area contributed by atoms with E-state index in [4.69, 9.17) is 10.3 Å². The van der Waals surface area contributed by atoms with E-state index in [1.54, 1.807) is 0 Å². The van der Waals surface area contributed by atoms with Gasteiger partial charge < -0.3 is 15.6 Å². The first-order valence-electron chi connectivity index (χ1n) is 7.94. The molecule has 5 heteroatoms. The van der Waals surface area contributed by atoms with Crippen LogP contribution in [0.4, 0.5) is 0 Å².